The fourth-order valence-corrected chi connectivity index (χ4v) is 3.51. The lowest BCUT2D eigenvalue weighted by Gasteiger charge is -2.23. The van der Waals surface area contributed by atoms with Gasteiger partial charge in [-0.3, -0.25) is 9.59 Å². The van der Waals surface area contributed by atoms with Gasteiger partial charge in [-0.2, -0.15) is 0 Å². The molecule has 5 heteroatoms. The SMILES string of the molecule is CCC(CN1CCCC1)NC(=O)CCCCC(=O)C1=CC=C(OC)CC=C1. The Labute approximate surface area is 163 Å². The van der Waals surface area contributed by atoms with Crippen molar-refractivity contribution < 1.29 is 14.3 Å². The van der Waals surface area contributed by atoms with E-state index in [0.717, 1.165) is 44.7 Å². The van der Waals surface area contributed by atoms with Crippen molar-refractivity contribution in [3.05, 3.63) is 35.6 Å². The van der Waals surface area contributed by atoms with Gasteiger partial charge in [-0.05, 0) is 57.3 Å². The van der Waals surface area contributed by atoms with Crippen molar-refractivity contribution in [1.82, 2.24) is 10.2 Å². The van der Waals surface area contributed by atoms with Crippen LogP contribution in [-0.2, 0) is 14.3 Å². The molecule has 0 saturated carbocycles. The number of hydrogen-bond acceptors (Lipinski definition) is 4. The lowest BCUT2D eigenvalue weighted by Crippen LogP contribution is -2.42. The highest BCUT2D eigenvalue weighted by molar-refractivity contribution is 5.98. The highest BCUT2D eigenvalue weighted by Gasteiger charge is 2.17. The lowest BCUT2D eigenvalue weighted by molar-refractivity contribution is -0.122. The summed E-state index contributed by atoms with van der Waals surface area (Å²) in [7, 11) is 1.64. The topological polar surface area (TPSA) is 58.6 Å². The van der Waals surface area contributed by atoms with Crippen molar-refractivity contribution >= 4 is 11.7 Å². The van der Waals surface area contributed by atoms with E-state index in [4.69, 9.17) is 4.74 Å². The first-order valence-corrected chi connectivity index (χ1v) is 10.3. The molecule has 1 unspecified atom stereocenters. The zero-order chi connectivity index (χ0) is 19.5. The van der Waals surface area contributed by atoms with Gasteiger partial charge in [0.25, 0.3) is 0 Å². The van der Waals surface area contributed by atoms with Gasteiger partial charge in [0.05, 0.1) is 12.9 Å². The van der Waals surface area contributed by atoms with Gasteiger partial charge >= 0.3 is 0 Å². The van der Waals surface area contributed by atoms with Crippen LogP contribution < -0.4 is 5.32 Å². The number of unbranched alkanes of at least 4 members (excludes halogenated alkanes) is 1. The highest BCUT2D eigenvalue weighted by atomic mass is 16.5. The summed E-state index contributed by atoms with van der Waals surface area (Å²) in [5, 5.41) is 3.15. The fraction of sp³-hybridized carbons (Fsp3) is 0.636. The number of amides is 1. The van der Waals surface area contributed by atoms with Gasteiger partial charge < -0.3 is 15.0 Å². The zero-order valence-electron chi connectivity index (χ0n) is 16.8. The third-order valence-electron chi connectivity index (χ3n) is 5.24. The van der Waals surface area contributed by atoms with Crippen LogP contribution in [0.25, 0.3) is 0 Å². The third-order valence-corrected chi connectivity index (χ3v) is 5.24. The van der Waals surface area contributed by atoms with Crippen LogP contribution in [0.1, 0.15) is 58.3 Å². The number of ether oxygens (including phenoxy) is 1. The number of Topliss-reactive ketones (excluding diaryl/α,β-unsaturated/α-hetero) is 1. The smallest absolute Gasteiger partial charge is 0.220 e. The summed E-state index contributed by atoms with van der Waals surface area (Å²) in [4.78, 5) is 26.9. The van der Waals surface area contributed by atoms with Crippen molar-refractivity contribution in [1.29, 1.82) is 0 Å². The maximum absolute atomic E-state index is 12.3. The van der Waals surface area contributed by atoms with E-state index in [0.29, 0.717) is 24.8 Å². The van der Waals surface area contributed by atoms with Crippen LogP contribution in [-0.4, -0.2) is 49.4 Å². The van der Waals surface area contributed by atoms with Gasteiger partial charge in [-0.15, -0.1) is 0 Å². The molecule has 0 aromatic heterocycles. The molecule has 150 valence electrons. The second kappa shape index (κ2) is 11.8. The molecule has 5 nitrogen and oxygen atoms in total. The predicted molar refractivity (Wildman–Crippen MR) is 108 cm³/mol. The average Bonchev–Trinajstić information content (AvgIpc) is 3.06. The van der Waals surface area contributed by atoms with E-state index >= 15 is 0 Å². The molecule has 27 heavy (non-hydrogen) atoms. The Kier molecular flexibility index (Phi) is 9.32. The van der Waals surface area contributed by atoms with E-state index in [1.807, 2.05) is 24.3 Å². The van der Waals surface area contributed by atoms with Crippen molar-refractivity contribution in [2.45, 2.75) is 64.3 Å². The van der Waals surface area contributed by atoms with Gasteiger partial charge in [0.1, 0.15) is 0 Å². The summed E-state index contributed by atoms with van der Waals surface area (Å²) >= 11 is 0. The molecule has 2 rings (SSSR count). The van der Waals surface area contributed by atoms with Gasteiger partial charge in [-0.1, -0.05) is 19.1 Å². The molecule has 0 aromatic carbocycles. The standard InChI is InChI=1S/C22H34N2O3/c1-3-19(17-24-15-6-7-16-24)23-22(26)12-5-4-11-21(25)18-9-8-10-20(27-2)14-13-18/h8-9,13-14,19H,3-7,10-12,15-17H2,1-2H3,(H,23,26). The Morgan fingerprint density at radius 1 is 1.19 bits per heavy atom. The summed E-state index contributed by atoms with van der Waals surface area (Å²) in [6.45, 7) is 5.38. The number of carbonyl (C=O) groups is 2. The minimum Gasteiger partial charge on any atom is -0.501 e. The van der Waals surface area contributed by atoms with Crippen LogP contribution in [0.2, 0.25) is 0 Å². The maximum atomic E-state index is 12.3. The maximum Gasteiger partial charge on any atom is 0.220 e. The predicted octanol–water partition coefficient (Wildman–Crippen LogP) is 3.52. The van der Waals surface area contributed by atoms with E-state index in [1.54, 1.807) is 7.11 Å². The number of methoxy groups -OCH3 is 1. The minimum absolute atomic E-state index is 0.106. The molecule has 2 aliphatic rings. The molecule has 1 amide bonds. The van der Waals surface area contributed by atoms with Crippen molar-refractivity contribution in [3.63, 3.8) is 0 Å². The first kappa shape index (κ1) is 21.4. The van der Waals surface area contributed by atoms with Gasteiger partial charge in [0.15, 0.2) is 5.78 Å². The molecule has 0 aromatic rings. The molecular formula is C22H34N2O3. The largest absolute Gasteiger partial charge is 0.501 e. The number of nitrogens with one attached hydrogen (secondary N) is 1. The molecule has 1 aliphatic carbocycles. The van der Waals surface area contributed by atoms with Crippen LogP contribution in [0.4, 0.5) is 0 Å². The summed E-state index contributed by atoms with van der Waals surface area (Å²) in [6, 6.07) is 0.236. The minimum atomic E-state index is 0.106. The van der Waals surface area contributed by atoms with E-state index in [2.05, 4.69) is 17.1 Å². The number of carbonyl (C=O) groups excluding carboxylic acids is 2. The zero-order valence-corrected chi connectivity index (χ0v) is 16.8. The molecule has 1 aliphatic heterocycles. The first-order valence-electron chi connectivity index (χ1n) is 10.3. The Hall–Kier alpha value is -1.88. The Morgan fingerprint density at radius 3 is 2.63 bits per heavy atom. The number of allylic oxidation sites excluding steroid dienone is 5. The second-order valence-corrected chi connectivity index (χ2v) is 7.38. The molecule has 0 spiro atoms. The number of nitrogens with zero attached hydrogens (tertiary/aromatic N) is 1. The molecule has 1 heterocycles. The molecular weight excluding hydrogens is 340 g/mol. The number of ketones is 1. The number of rotatable bonds is 11. The van der Waals surface area contributed by atoms with E-state index in [-0.39, 0.29) is 17.7 Å². The summed E-state index contributed by atoms with van der Waals surface area (Å²) in [5.74, 6) is 1.08. The van der Waals surface area contributed by atoms with Crippen molar-refractivity contribution in [3.8, 4) is 0 Å². The van der Waals surface area contributed by atoms with Gasteiger partial charge in [0.2, 0.25) is 5.91 Å². The van der Waals surface area contributed by atoms with Gasteiger partial charge in [-0.25, -0.2) is 0 Å². The van der Waals surface area contributed by atoms with Crippen molar-refractivity contribution in [2.24, 2.45) is 0 Å². The summed E-state index contributed by atoms with van der Waals surface area (Å²) in [5.41, 5.74) is 0.711. The van der Waals surface area contributed by atoms with Crippen LogP contribution in [0.15, 0.2) is 35.6 Å². The lowest BCUT2D eigenvalue weighted by atomic mass is 10.0. The molecule has 0 bridgehead atoms. The monoisotopic (exact) mass is 374 g/mol. The molecule has 0 radical (unpaired) electrons. The average molecular weight is 375 g/mol. The normalized spacial score (nSPS) is 18.4. The third kappa shape index (κ3) is 7.71. The van der Waals surface area contributed by atoms with Gasteiger partial charge in [0, 0.05) is 37.4 Å². The van der Waals surface area contributed by atoms with Crippen LogP contribution in [0.5, 0.6) is 0 Å². The molecule has 1 fully saturated rings. The van der Waals surface area contributed by atoms with Crippen LogP contribution in [0.3, 0.4) is 0 Å². The quantitative estimate of drug-likeness (QED) is 0.562. The van der Waals surface area contributed by atoms with Crippen molar-refractivity contribution in [2.75, 3.05) is 26.7 Å². The fourth-order valence-electron chi connectivity index (χ4n) is 3.51. The number of hydrogen-bond donors (Lipinski definition) is 1. The summed E-state index contributed by atoms with van der Waals surface area (Å²) in [6.07, 6.45) is 14.1. The Bertz CT molecular complexity index is 586. The van der Waals surface area contributed by atoms with Crippen LogP contribution in [0, 0.1) is 0 Å². The molecule has 1 saturated heterocycles. The number of likely N-dealkylation sites (tertiary alicyclic amines) is 1. The highest BCUT2D eigenvalue weighted by Crippen LogP contribution is 2.15. The van der Waals surface area contributed by atoms with Crippen LogP contribution >= 0.6 is 0 Å². The van der Waals surface area contributed by atoms with E-state index in [9.17, 15) is 9.59 Å². The first-order chi connectivity index (χ1) is 13.1. The Balaban J connectivity index is 1.65. The van der Waals surface area contributed by atoms with E-state index < -0.39 is 0 Å². The molecule has 1 atom stereocenters. The Morgan fingerprint density at radius 2 is 1.93 bits per heavy atom. The molecule has 1 N–H and O–H groups in total. The van der Waals surface area contributed by atoms with E-state index in [1.165, 1.54) is 12.8 Å². The summed E-state index contributed by atoms with van der Waals surface area (Å²) < 4.78 is 5.21. The second-order valence-electron chi connectivity index (χ2n) is 7.38.